The van der Waals surface area contributed by atoms with E-state index in [4.69, 9.17) is 5.73 Å². The molecule has 1 saturated carbocycles. The third kappa shape index (κ3) is 2.16. The molecular formula is C12H19N3O. The van der Waals surface area contributed by atoms with E-state index in [2.05, 4.69) is 5.10 Å². The maximum Gasteiger partial charge on any atom is 0.266 e. The second-order valence-corrected chi connectivity index (χ2v) is 4.56. The van der Waals surface area contributed by atoms with Crippen molar-refractivity contribution in [3.05, 3.63) is 27.7 Å². The van der Waals surface area contributed by atoms with Gasteiger partial charge < -0.3 is 5.73 Å². The molecule has 1 aromatic heterocycles. The molecule has 0 unspecified atom stereocenters. The van der Waals surface area contributed by atoms with Gasteiger partial charge in [0.15, 0.2) is 0 Å². The largest absolute Gasteiger partial charge is 0.326 e. The van der Waals surface area contributed by atoms with Gasteiger partial charge in [-0.1, -0.05) is 19.3 Å². The molecule has 0 atom stereocenters. The number of rotatable bonds is 2. The maximum atomic E-state index is 11.5. The van der Waals surface area contributed by atoms with E-state index in [1.807, 2.05) is 0 Å². The molecule has 0 amide bonds. The van der Waals surface area contributed by atoms with Gasteiger partial charge in [0.1, 0.15) is 0 Å². The summed E-state index contributed by atoms with van der Waals surface area (Å²) in [5.41, 5.74) is 7.59. The van der Waals surface area contributed by atoms with Crippen LogP contribution in [0, 0.1) is 0 Å². The van der Waals surface area contributed by atoms with Crippen LogP contribution in [0.25, 0.3) is 0 Å². The second kappa shape index (κ2) is 4.78. The van der Waals surface area contributed by atoms with Crippen molar-refractivity contribution in [1.29, 1.82) is 0 Å². The molecule has 1 fully saturated rings. The minimum absolute atomic E-state index is 0.0694. The molecule has 1 aliphatic carbocycles. The molecule has 4 heteroatoms. The normalized spacial score (nSPS) is 17.6. The molecule has 0 spiro atoms. The second-order valence-electron chi connectivity index (χ2n) is 4.56. The van der Waals surface area contributed by atoms with Crippen LogP contribution in [-0.4, -0.2) is 9.78 Å². The highest BCUT2D eigenvalue weighted by Crippen LogP contribution is 2.32. The fourth-order valence-corrected chi connectivity index (χ4v) is 2.47. The molecule has 4 nitrogen and oxygen atoms in total. The molecule has 2 N–H and O–H groups in total. The van der Waals surface area contributed by atoms with E-state index >= 15 is 0 Å². The van der Waals surface area contributed by atoms with Gasteiger partial charge in [-0.3, -0.25) is 4.79 Å². The van der Waals surface area contributed by atoms with Crippen LogP contribution in [0.4, 0.5) is 0 Å². The van der Waals surface area contributed by atoms with Crippen molar-refractivity contribution in [3.8, 4) is 0 Å². The van der Waals surface area contributed by atoms with E-state index < -0.39 is 0 Å². The summed E-state index contributed by atoms with van der Waals surface area (Å²) in [5, 5.41) is 4.39. The predicted octanol–water partition coefficient (Wildman–Crippen LogP) is 1.29. The van der Waals surface area contributed by atoms with Crippen molar-refractivity contribution in [1.82, 2.24) is 9.78 Å². The molecule has 0 bridgehead atoms. The number of hydrogen-bond acceptors (Lipinski definition) is 3. The highest BCUT2D eigenvalue weighted by Gasteiger charge is 2.20. The Morgan fingerprint density at radius 1 is 1.44 bits per heavy atom. The zero-order valence-electron chi connectivity index (χ0n) is 9.78. The van der Waals surface area contributed by atoms with E-state index in [-0.39, 0.29) is 5.56 Å². The monoisotopic (exact) mass is 221 g/mol. The van der Waals surface area contributed by atoms with Crippen LogP contribution in [0.1, 0.15) is 49.3 Å². The Kier molecular flexibility index (Phi) is 3.39. The quantitative estimate of drug-likeness (QED) is 0.818. The van der Waals surface area contributed by atoms with Crippen molar-refractivity contribution in [3.63, 3.8) is 0 Å². The van der Waals surface area contributed by atoms with Crippen LogP contribution < -0.4 is 11.3 Å². The van der Waals surface area contributed by atoms with Gasteiger partial charge in [0.2, 0.25) is 0 Å². The number of aromatic nitrogens is 2. The van der Waals surface area contributed by atoms with Crippen molar-refractivity contribution >= 4 is 0 Å². The lowest BCUT2D eigenvalue weighted by Gasteiger charge is -2.23. The Labute approximate surface area is 95.5 Å². The third-order valence-corrected chi connectivity index (χ3v) is 3.42. The predicted molar refractivity (Wildman–Crippen MR) is 63.2 cm³/mol. The SMILES string of the molecule is Cn1nc(C2CCCCC2)c(CN)cc1=O. The van der Waals surface area contributed by atoms with E-state index in [1.165, 1.54) is 36.8 Å². The van der Waals surface area contributed by atoms with Gasteiger partial charge in [-0.25, -0.2) is 4.68 Å². The van der Waals surface area contributed by atoms with Crippen molar-refractivity contribution in [2.24, 2.45) is 12.8 Å². The summed E-state index contributed by atoms with van der Waals surface area (Å²) in [5.74, 6) is 0.499. The van der Waals surface area contributed by atoms with Gasteiger partial charge in [0.25, 0.3) is 5.56 Å². The zero-order chi connectivity index (χ0) is 11.5. The topological polar surface area (TPSA) is 60.9 Å². The van der Waals surface area contributed by atoms with Gasteiger partial charge in [0.05, 0.1) is 5.69 Å². The summed E-state index contributed by atoms with van der Waals surface area (Å²) >= 11 is 0. The van der Waals surface area contributed by atoms with Crippen LogP contribution in [0.5, 0.6) is 0 Å². The maximum absolute atomic E-state index is 11.5. The highest BCUT2D eigenvalue weighted by atomic mass is 16.1. The first-order valence-corrected chi connectivity index (χ1v) is 5.99. The Morgan fingerprint density at radius 2 is 2.12 bits per heavy atom. The zero-order valence-corrected chi connectivity index (χ0v) is 9.78. The Morgan fingerprint density at radius 3 is 2.75 bits per heavy atom. The summed E-state index contributed by atoms with van der Waals surface area (Å²) in [6, 6.07) is 1.64. The number of nitrogens with zero attached hydrogens (tertiary/aromatic N) is 2. The van der Waals surface area contributed by atoms with Crippen molar-refractivity contribution in [2.45, 2.75) is 44.6 Å². The molecule has 0 aliphatic heterocycles. The van der Waals surface area contributed by atoms with Gasteiger partial charge in [-0.15, -0.1) is 0 Å². The summed E-state index contributed by atoms with van der Waals surface area (Å²) in [6.07, 6.45) is 6.20. The smallest absolute Gasteiger partial charge is 0.266 e. The molecule has 1 aromatic rings. The van der Waals surface area contributed by atoms with Crippen LogP contribution in [0.15, 0.2) is 10.9 Å². The lowest BCUT2D eigenvalue weighted by molar-refractivity contribution is 0.425. The lowest BCUT2D eigenvalue weighted by atomic mass is 9.85. The van der Waals surface area contributed by atoms with Gasteiger partial charge >= 0.3 is 0 Å². The van der Waals surface area contributed by atoms with Crippen molar-refractivity contribution in [2.75, 3.05) is 0 Å². The fraction of sp³-hybridized carbons (Fsp3) is 0.667. The molecule has 88 valence electrons. The Bertz CT molecular complexity index is 419. The van der Waals surface area contributed by atoms with Crippen LogP contribution in [-0.2, 0) is 13.6 Å². The average Bonchev–Trinajstić information content (AvgIpc) is 2.33. The first-order chi connectivity index (χ1) is 7.72. The number of hydrogen-bond donors (Lipinski definition) is 1. The molecule has 1 heterocycles. The minimum Gasteiger partial charge on any atom is -0.326 e. The van der Waals surface area contributed by atoms with E-state index in [9.17, 15) is 4.79 Å². The molecule has 0 radical (unpaired) electrons. The fourth-order valence-electron chi connectivity index (χ4n) is 2.47. The number of nitrogens with two attached hydrogens (primary N) is 1. The summed E-state index contributed by atoms with van der Waals surface area (Å²) in [6.45, 7) is 0.412. The summed E-state index contributed by atoms with van der Waals surface area (Å²) in [7, 11) is 1.70. The molecule has 0 aromatic carbocycles. The summed E-state index contributed by atoms with van der Waals surface area (Å²) < 4.78 is 1.42. The average molecular weight is 221 g/mol. The molecule has 1 aliphatic rings. The molecule has 16 heavy (non-hydrogen) atoms. The van der Waals surface area contributed by atoms with E-state index in [0.717, 1.165) is 11.3 Å². The Balaban J connectivity index is 2.37. The summed E-state index contributed by atoms with van der Waals surface area (Å²) in [4.78, 5) is 11.5. The standard InChI is InChI=1S/C12H19N3O/c1-15-11(16)7-10(8-13)12(14-15)9-5-3-2-4-6-9/h7,9H,2-6,8,13H2,1H3. The van der Waals surface area contributed by atoms with E-state index in [1.54, 1.807) is 13.1 Å². The number of aryl methyl sites for hydroxylation is 1. The molecule has 2 rings (SSSR count). The van der Waals surface area contributed by atoms with Crippen molar-refractivity contribution < 1.29 is 0 Å². The van der Waals surface area contributed by atoms with Gasteiger partial charge in [-0.05, 0) is 18.4 Å². The Hall–Kier alpha value is -1.16. The third-order valence-electron chi connectivity index (χ3n) is 3.42. The van der Waals surface area contributed by atoms with Crippen LogP contribution in [0.3, 0.4) is 0 Å². The van der Waals surface area contributed by atoms with Crippen LogP contribution in [0.2, 0.25) is 0 Å². The van der Waals surface area contributed by atoms with Gasteiger partial charge in [-0.2, -0.15) is 5.10 Å². The van der Waals surface area contributed by atoms with Crippen LogP contribution >= 0.6 is 0 Å². The van der Waals surface area contributed by atoms with Gasteiger partial charge in [0, 0.05) is 25.6 Å². The highest BCUT2D eigenvalue weighted by molar-refractivity contribution is 5.21. The molecular weight excluding hydrogens is 202 g/mol. The minimum atomic E-state index is -0.0694. The first kappa shape index (κ1) is 11.3. The van der Waals surface area contributed by atoms with E-state index in [0.29, 0.717) is 12.5 Å². The lowest BCUT2D eigenvalue weighted by Crippen LogP contribution is -2.25. The first-order valence-electron chi connectivity index (χ1n) is 5.99. The molecule has 0 saturated heterocycles.